The number of non-ortho nitro benzene ring substituents is 1. The molecule has 40 heavy (non-hydrogen) atoms. The van der Waals surface area contributed by atoms with E-state index in [2.05, 4.69) is 29.6 Å². The summed E-state index contributed by atoms with van der Waals surface area (Å²) >= 11 is 0. The Morgan fingerprint density at radius 2 is 1.65 bits per heavy atom. The highest BCUT2D eigenvalue weighted by Crippen LogP contribution is 2.34. The summed E-state index contributed by atoms with van der Waals surface area (Å²) in [4.78, 5) is 23.5. The van der Waals surface area contributed by atoms with Gasteiger partial charge in [0.2, 0.25) is 0 Å². The van der Waals surface area contributed by atoms with E-state index >= 15 is 0 Å². The van der Waals surface area contributed by atoms with Gasteiger partial charge in [0.1, 0.15) is 0 Å². The number of halogens is 3. The van der Waals surface area contributed by atoms with Crippen molar-refractivity contribution in [1.29, 1.82) is 0 Å². The van der Waals surface area contributed by atoms with E-state index in [1.165, 1.54) is 5.56 Å². The van der Waals surface area contributed by atoms with Gasteiger partial charge in [0.25, 0.3) is 5.69 Å². The van der Waals surface area contributed by atoms with Crippen LogP contribution in [0.15, 0.2) is 91.3 Å². The molecular formula is C32H25F3N2O3. The van der Waals surface area contributed by atoms with Crippen LogP contribution in [0.2, 0.25) is 0 Å². The molecule has 0 fully saturated rings. The number of hydrogen-bond acceptors (Lipinski definition) is 4. The Balaban J connectivity index is 0.000000403. The minimum atomic E-state index is -4.79. The number of ketones is 1. The first-order valence-corrected chi connectivity index (χ1v) is 12.8. The van der Waals surface area contributed by atoms with Crippen molar-refractivity contribution in [3.63, 3.8) is 0 Å². The van der Waals surface area contributed by atoms with Gasteiger partial charge in [0.05, 0.1) is 10.5 Å². The minimum Gasteiger partial charge on any atom is -0.368 e. The summed E-state index contributed by atoms with van der Waals surface area (Å²) in [7, 11) is 0. The average molecular weight is 543 g/mol. The molecule has 8 heteroatoms. The first kappa shape index (κ1) is 26.9. The third-order valence-electron chi connectivity index (χ3n) is 7.10. The molecular weight excluding hydrogens is 517 g/mol. The topological polar surface area (TPSA) is 72.2 Å². The highest BCUT2D eigenvalue weighted by Gasteiger charge is 2.34. The Bertz CT molecular complexity index is 1690. The van der Waals surface area contributed by atoms with Crippen molar-refractivity contribution < 1.29 is 22.9 Å². The van der Waals surface area contributed by atoms with Gasteiger partial charge >= 0.3 is 6.18 Å². The molecule has 1 atom stereocenters. The molecule has 1 heterocycles. The fraction of sp³-hybridized carbons (Fsp3) is 0.156. The van der Waals surface area contributed by atoms with Crippen molar-refractivity contribution in [2.75, 3.05) is 0 Å². The smallest absolute Gasteiger partial charge is 0.368 e. The largest absolute Gasteiger partial charge is 0.416 e. The van der Waals surface area contributed by atoms with E-state index < -0.39 is 34.1 Å². The number of allylic oxidation sites excluding steroid dienone is 4. The summed E-state index contributed by atoms with van der Waals surface area (Å²) in [5.74, 6) is -1.19. The third-order valence-corrected chi connectivity index (χ3v) is 7.10. The zero-order chi connectivity index (χ0) is 28.3. The van der Waals surface area contributed by atoms with E-state index in [-0.39, 0.29) is 5.56 Å². The van der Waals surface area contributed by atoms with Gasteiger partial charge in [-0.05, 0) is 70.2 Å². The monoisotopic (exact) mass is 542 g/mol. The molecule has 1 N–H and O–H groups in total. The van der Waals surface area contributed by atoms with Crippen LogP contribution >= 0.6 is 0 Å². The summed E-state index contributed by atoms with van der Waals surface area (Å²) in [5, 5.41) is 16.0. The van der Waals surface area contributed by atoms with Crippen LogP contribution in [0, 0.1) is 16.0 Å². The minimum absolute atomic E-state index is 0.291. The second-order valence-electron chi connectivity index (χ2n) is 9.63. The lowest BCUT2D eigenvalue weighted by atomic mass is 9.82. The summed E-state index contributed by atoms with van der Waals surface area (Å²) in [5.41, 5.74) is 2.27. The van der Waals surface area contributed by atoms with Crippen LogP contribution in [0.5, 0.6) is 0 Å². The van der Waals surface area contributed by atoms with Gasteiger partial charge in [-0.15, -0.1) is 0 Å². The van der Waals surface area contributed by atoms with Gasteiger partial charge in [-0.1, -0.05) is 60.7 Å². The Morgan fingerprint density at radius 1 is 0.900 bits per heavy atom. The highest BCUT2D eigenvalue weighted by molar-refractivity contribution is 6.02. The average Bonchev–Trinajstić information content (AvgIpc) is 3.29. The molecule has 0 spiro atoms. The fourth-order valence-electron chi connectivity index (χ4n) is 5.17. The van der Waals surface area contributed by atoms with E-state index in [1.54, 1.807) is 0 Å². The number of nitrogens with zero attached hydrogens (tertiary/aromatic N) is 1. The number of rotatable bonds is 3. The first-order valence-electron chi connectivity index (χ1n) is 12.8. The van der Waals surface area contributed by atoms with Crippen LogP contribution < -0.4 is 15.8 Å². The van der Waals surface area contributed by atoms with Gasteiger partial charge in [0.15, 0.2) is 5.78 Å². The summed E-state index contributed by atoms with van der Waals surface area (Å²) in [6.07, 6.45) is 12.5. The van der Waals surface area contributed by atoms with Gasteiger partial charge in [-0.2, -0.15) is 13.2 Å². The van der Waals surface area contributed by atoms with Crippen LogP contribution in [-0.2, 0) is 19.0 Å². The second kappa shape index (κ2) is 11.2. The predicted octanol–water partition coefficient (Wildman–Crippen LogP) is 6.02. The van der Waals surface area contributed by atoms with Gasteiger partial charge in [-0.3, -0.25) is 14.9 Å². The van der Waals surface area contributed by atoms with Gasteiger partial charge in [0, 0.05) is 36.0 Å². The Kier molecular flexibility index (Phi) is 7.51. The maximum Gasteiger partial charge on any atom is 0.416 e. The normalized spacial score (nSPS) is 16.4. The van der Waals surface area contributed by atoms with Crippen LogP contribution in [0.3, 0.4) is 0 Å². The molecule has 0 aromatic heterocycles. The van der Waals surface area contributed by atoms with Crippen LogP contribution in [0.4, 0.5) is 18.9 Å². The number of carbonyl (C=O) groups is 1. The van der Waals surface area contributed by atoms with Crippen LogP contribution in [0.1, 0.15) is 33.5 Å². The van der Waals surface area contributed by atoms with Crippen molar-refractivity contribution in [1.82, 2.24) is 5.32 Å². The number of benzene rings is 3. The quantitative estimate of drug-likeness (QED) is 0.250. The predicted molar refractivity (Wildman–Crippen MR) is 149 cm³/mol. The number of hydrogen-bond donors (Lipinski definition) is 1. The molecule has 0 bridgehead atoms. The van der Waals surface area contributed by atoms with Crippen LogP contribution in [0.25, 0.3) is 23.3 Å². The number of alkyl halides is 3. The van der Waals surface area contributed by atoms with Crippen molar-refractivity contribution in [2.24, 2.45) is 5.92 Å². The number of nitro benzene ring substituents is 1. The summed E-state index contributed by atoms with van der Waals surface area (Å²) in [6.45, 7) is 0. The summed E-state index contributed by atoms with van der Waals surface area (Å²) < 4.78 is 39.8. The van der Waals surface area contributed by atoms with E-state index in [0.717, 1.165) is 39.6 Å². The number of aryl methyl sites for hydroxylation is 1. The standard InChI is InChI=1S/C26H18F3NO3.C6H7N/c27-26(28,29)19-11-18(12-20(14-19)30(32)33)25(31)17-6-5-16-8-9-22-21-4-2-1-3-15(21)7-10-23(22)24(16)13-17;1-2-4-6-7-5-3-1/h1-4,8-14,17H,5-7H2;1-7H. The highest BCUT2D eigenvalue weighted by atomic mass is 19.4. The molecule has 3 aromatic rings. The number of nitro groups is 1. The Hall–Kier alpha value is -4.72. The number of Topliss-reactive ketones (excluding diaryl/α,β-unsaturated/α-hetero) is 1. The third kappa shape index (κ3) is 5.66. The van der Waals surface area contributed by atoms with E-state index in [4.69, 9.17) is 0 Å². The van der Waals surface area contributed by atoms with Crippen molar-refractivity contribution in [2.45, 2.75) is 25.4 Å². The lowest BCUT2D eigenvalue weighted by Crippen LogP contribution is -2.37. The Morgan fingerprint density at radius 3 is 2.38 bits per heavy atom. The lowest BCUT2D eigenvalue weighted by Gasteiger charge is -2.21. The van der Waals surface area contributed by atoms with Crippen molar-refractivity contribution in [3.8, 4) is 11.1 Å². The molecule has 0 saturated carbocycles. The number of nitrogens with one attached hydrogen (secondary N) is 1. The zero-order valence-corrected chi connectivity index (χ0v) is 21.3. The zero-order valence-electron chi connectivity index (χ0n) is 21.3. The SMILES string of the molecule is C1=CC=CNC=C1.O=C(c1cc([N+](=O)[O-])cc(C(F)(F)F)c1)C1C=c2c(ccc3c2=CCc2ccccc2-3)CC1. The summed E-state index contributed by atoms with van der Waals surface area (Å²) in [6, 6.07) is 14.3. The van der Waals surface area contributed by atoms with Crippen molar-refractivity contribution >= 4 is 23.6 Å². The van der Waals surface area contributed by atoms with Gasteiger partial charge < -0.3 is 5.32 Å². The molecule has 3 aliphatic rings. The van der Waals surface area contributed by atoms with E-state index in [1.807, 2.05) is 61.0 Å². The molecule has 202 valence electrons. The van der Waals surface area contributed by atoms with Gasteiger partial charge in [-0.25, -0.2) is 0 Å². The van der Waals surface area contributed by atoms with E-state index in [0.29, 0.717) is 25.0 Å². The number of carbonyl (C=O) groups excluding carboxylic acids is 1. The number of fused-ring (bicyclic) bond motifs is 5. The molecule has 0 saturated heterocycles. The first-order chi connectivity index (χ1) is 19.2. The second-order valence-corrected chi connectivity index (χ2v) is 9.63. The molecule has 0 radical (unpaired) electrons. The fourth-order valence-corrected chi connectivity index (χ4v) is 5.17. The lowest BCUT2D eigenvalue weighted by molar-refractivity contribution is -0.385. The molecule has 0 amide bonds. The molecule has 5 nitrogen and oxygen atoms in total. The maximum atomic E-state index is 13.3. The van der Waals surface area contributed by atoms with E-state index in [9.17, 15) is 28.1 Å². The maximum absolute atomic E-state index is 13.3. The molecule has 2 aliphatic carbocycles. The molecule has 1 aliphatic heterocycles. The molecule has 3 aromatic carbocycles. The molecule has 6 rings (SSSR count). The van der Waals surface area contributed by atoms with Crippen molar-refractivity contribution in [3.05, 3.63) is 134 Å². The van der Waals surface area contributed by atoms with Crippen LogP contribution in [-0.4, -0.2) is 10.7 Å². The molecule has 1 unspecified atom stereocenters. The Labute approximate surface area is 228 Å².